The molecule has 0 amide bonds. The molecule has 0 fully saturated rings. The molecule has 0 saturated heterocycles. The van der Waals surface area contributed by atoms with Gasteiger partial charge in [-0.2, -0.15) is 13.5 Å². The second-order valence-electron chi connectivity index (χ2n) is 5.90. The van der Waals surface area contributed by atoms with Crippen molar-refractivity contribution in [3.63, 3.8) is 0 Å². The smallest absolute Gasteiger partial charge is 0.355 e. The van der Waals surface area contributed by atoms with Gasteiger partial charge in [-0.25, -0.2) is 18.5 Å². The van der Waals surface area contributed by atoms with Crippen LogP contribution in [0.15, 0.2) is 16.9 Å². The van der Waals surface area contributed by atoms with Crippen LogP contribution in [0.2, 0.25) is 5.02 Å². The zero-order valence-corrected chi connectivity index (χ0v) is 16.2. The monoisotopic (exact) mass is 421 g/mol. The van der Waals surface area contributed by atoms with Gasteiger partial charge in [0.2, 0.25) is 0 Å². The van der Waals surface area contributed by atoms with Crippen LogP contribution in [-0.4, -0.2) is 33.0 Å². The topological polar surface area (TPSA) is 75.3 Å². The molecule has 1 atom stereocenters. The molecule has 28 heavy (non-hydrogen) atoms. The van der Waals surface area contributed by atoms with E-state index in [2.05, 4.69) is 5.10 Å². The van der Waals surface area contributed by atoms with Gasteiger partial charge in [-0.1, -0.05) is 24.9 Å². The van der Waals surface area contributed by atoms with Crippen LogP contribution in [0.25, 0.3) is 5.69 Å². The predicted octanol–water partition coefficient (Wildman–Crippen LogP) is 3.64. The highest BCUT2D eigenvalue weighted by Crippen LogP contribution is 2.30. The van der Waals surface area contributed by atoms with Crippen LogP contribution in [0, 0.1) is 12.7 Å². The Morgan fingerprint density at radius 2 is 2.04 bits per heavy atom. The number of rotatable bonds is 8. The highest BCUT2D eigenvalue weighted by Gasteiger charge is 2.23. The lowest BCUT2D eigenvalue weighted by atomic mass is 10.2. The van der Waals surface area contributed by atoms with Crippen molar-refractivity contribution in [2.24, 2.45) is 0 Å². The molecule has 1 aromatic heterocycles. The van der Waals surface area contributed by atoms with Crippen LogP contribution >= 0.6 is 11.6 Å². The van der Waals surface area contributed by atoms with Crippen LogP contribution in [-0.2, 0) is 9.53 Å². The summed E-state index contributed by atoms with van der Waals surface area (Å²) >= 11 is 5.94. The van der Waals surface area contributed by atoms with Gasteiger partial charge in [0.1, 0.15) is 17.3 Å². The Morgan fingerprint density at radius 3 is 2.61 bits per heavy atom. The third-order valence-electron chi connectivity index (χ3n) is 3.78. The molecule has 0 aliphatic heterocycles. The number of hydrogen-bond acceptors (Lipinski definition) is 5. The van der Waals surface area contributed by atoms with Crippen molar-refractivity contribution in [3.8, 4) is 11.4 Å². The highest BCUT2D eigenvalue weighted by molar-refractivity contribution is 6.32. The molecule has 1 heterocycles. The van der Waals surface area contributed by atoms with E-state index in [1.807, 2.05) is 6.92 Å². The van der Waals surface area contributed by atoms with Gasteiger partial charge < -0.3 is 9.47 Å². The molecule has 0 saturated carbocycles. The van der Waals surface area contributed by atoms with E-state index in [4.69, 9.17) is 21.1 Å². The maximum atomic E-state index is 14.3. The fraction of sp³-hybridized carbons (Fsp3) is 0.471. The van der Waals surface area contributed by atoms with E-state index in [-0.39, 0.29) is 27.8 Å². The normalized spacial score (nSPS) is 12.3. The molecule has 154 valence electrons. The first-order chi connectivity index (χ1) is 13.2. The summed E-state index contributed by atoms with van der Waals surface area (Å²) in [6.45, 7) is 1.63. The van der Waals surface area contributed by atoms with Crippen molar-refractivity contribution in [1.82, 2.24) is 14.3 Å². The fourth-order valence-electron chi connectivity index (χ4n) is 2.30. The van der Waals surface area contributed by atoms with Crippen molar-refractivity contribution in [2.45, 2.75) is 46.3 Å². The van der Waals surface area contributed by atoms with E-state index in [1.165, 1.54) is 13.8 Å². The lowest BCUT2D eigenvalue weighted by Gasteiger charge is -2.16. The molecule has 0 bridgehead atoms. The summed E-state index contributed by atoms with van der Waals surface area (Å²) < 4.78 is 51.3. The zero-order chi connectivity index (χ0) is 21.0. The first-order valence-electron chi connectivity index (χ1n) is 8.46. The Bertz CT molecular complexity index is 914. The molecular weight excluding hydrogens is 403 g/mol. The van der Waals surface area contributed by atoms with E-state index in [9.17, 15) is 22.8 Å². The third-order valence-corrected chi connectivity index (χ3v) is 4.08. The van der Waals surface area contributed by atoms with Crippen molar-refractivity contribution in [3.05, 3.63) is 39.3 Å². The summed E-state index contributed by atoms with van der Waals surface area (Å²) in [4.78, 5) is 24.0. The number of ether oxygens (including phenoxy) is 2. The molecule has 1 aromatic carbocycles. The SMILES string of the molecule is CCCCOC(=O)C(C)Oc1cc(-n2nc(C)n(C(F)F)c2=O)c(F)cc1Cl. The number of hydrogen-bond donors (Lipinski definition) is 0. The van der Waals surface area contributed by atoms with Gasteiger partial charge in [0.25, 0.3) is 0 Å². The molecule has 11 heteroatoms. The number of aromatic nitrogens is 3. The molecule has 0 aliphatic rings. The lowest BCUT2D eigenvalue weighted by molar-refractivity contribution is -0.151. The van der Waals surface area contributed by atoms with Crippen molar-refractivity contribution in [2.75, 3.05) is 6.61 Å². The summed E-state index contributed by atoms with van der Waals surface area (Å²) in [5.74, 6) is -2.05. The largest absolute Gasteiger partial charge is 0.477 e. The number of benzene rings is 1. The van der Waals surface area contributed by atoms with E-state index >= 15 is 0 Å². The summed E-state index contributed by atoms with van der Waals surface area (Å²) in [7, 11) is 0. The zero-order valence-electron chi connectivity index (χ0n) is 15.4. The quantitative estimate of drug-likeness (QED) is 0.480. The number of nitrogens with zero attached hydrogens (tertiary/aromatic N) is 3. The van der Waals surface area contributed by atoms with Gasteiger partial charge in [0.05, 0.1) is 11.6 Å². The molecule has 2 rings (SSSR count). The summed E-state index contributed by atoms with van der Waals surface area (Å²) in [6.07, 6.45) is 0.467. The van der Waals surface area contributed by atoms with E-state index in [0.717, 1.165) is 18.6 Å². The summed E-state index contributed by atoms with van der Waals surface area (Å²) in [5.41, 5.74) is -1.68. The molecule has 0 spiro atoms. The average molecular weight is 422 g/mol. The van der Waals surface area contributed by atoms with Gasteiger partial charge in [-0.05, 0) is 26.3 Å². The second-order valence-corrected chi connectivity index (χ2v) is 6.31. The molecule has 2 aromatic rings. The predicted molar refractivity (Wildman–Crippen MR) is 94.7 cm³/mol. The van der Waals surface area contributed by atoms with Gasteiger partial charge in [-0.15, -0.1) is 5.10 Å². The number of esters is 1. The van der Waals surface area contributed by atoms with Crippen LogP contribution in [0.3, 0.4) is 0 Å². The van der Waals surface area contributed by atoms with Crippen LogP contribution in [0.1, 0.15) is 39.1 Å². The molecular formula is C17H19ClF3N3O4. The summed E-state index contributed by atoms with van der Waals surface area (Å²) in [6, 6.07) is 1.85. The maximum Gasteiger partial charge on any atom is 0.355 e. The van der Waals surface area contributed by atoms with Crippen LogP contribution < -0.4 is 10.4 Å². The number of carbonyl (C=O) groups is 1. The molecule has 7 nitrogen and oxygen atoms in total. The molecule has 1 unspecified atom stereocenters. The first-order valence-corrected chi connectivity index (χ1v) is 8.84. The van der Waals surface area contributed by atoms with Gasteiger partial charge in [0, 0.05) is 6.07 Å². The molecule has 0 N–H and O–H groups in total. The average Bonchev–Trinajstić information content (AvgIpc) is 2.91. The number of alkyl halides is 2. The van der Waals surface area contributed by atoms with Gasteiger partial charge in [0.15, 0.2) is 11.9 Å². The maximum absolute atomic E-state index is 14.3. The minimum absolute atomic E-state index is 0.113. The van der Waals surface area contributed by atoms with Crippen molar-refractivity contribution < 1.29 is 27.4 Å². The Hall–Kier alpha value is -2.49. The van der Waals surface area contributed by atoms with Crippen molar-refractivity contribution in [1.29, 1.82) is 0 Å². The van der Waals surface area contributed by atoms with Gasteiger partial charge >= 0.3 is 18.2 Å². The number of halogens is 4. The van der Waals surface area contributed by atoms with Crippen LogP contribution in [0.4, 0.5) is 13.2 Å². The van der Waals surface area contributed by atoms with Crippen molar-refractivity contribution >= 4 is 17.6 Å². The standard InChI is InChI=1S/C17H19ClF3N3O4/c1-4-5-6-27-15(25)9(2)28-14-8-13(12(19)7-11(14)18)24-17(26)23(16(20)21)10(3)22-24/h7-9,16H,4-6H2,1-3H3. The fourth-order valence-corrected chi connectivity index (χ4v) is 2.50. The lowest BCUT2D eigenvalue weighted by Crippen LogP contribution is -2.27. The Kier molecular flexibility index (Phi) is 7.11. The molecule has 0 radical (unpaired) electrons. The number of unbranched alkanes of at least 4 members (excludes halogenated alkanes) is 1. The Balaban J connectivity index is 2.34. The Morgan fingerprint density at radius 1 is 1.36 bits per heavy atom. The second kappa shape index (κ2) is 9.13. The van der Waals surface area contributed by atoms with E-state index in [1.54, 1.807) is 0 Å². The first kappa shape index (κ1) is 21.8. The third kappa shape index (κ3) is 4.67. The van der Waals surface area contributed by atoms with Crippen LogP contribution in [0.5, 0.6) is 5.75 Å². The van der Waals surface area contributed by atoms with E-state index < -0.39 is 35.8 Å². The van der Waals surface area contributed by atoms with Gasteiger partial charge in [-0.3, -0.25) is 0 Å². The van der Waals surface area contributed by atoms with E-state index in [0.29, 0.717) is 11.1 Å². The highest BCUT2D eigenvalue weighted by atomic mass is 35.5. The minimum atomic E-state index is -3.13. The number of carbonyl (C=O) groups excluding carboxylic acids is 1. The minimum Gasteiger partial charge on any atom is -0.477 e. The number of aryl methyl sites for hydroxylation is 1. The Labute approximate surface area is 163 Å². The summed E-state index contributed by atoms with van der Waals surface area (Å²) in [5, 5.41) is 3.48. The molecule has 0 aliphatic carbocycles.